The number of rotatable bonds is 4. The summed E-state index contributed by atoms with van der Waals surface area (Å²) >= 11 is 3.40. The van der Waals surface area contributed by atoms with Gasteiger partial charge in [0.2, 0.25) is 5.91 Å². The summed E-state index contributed by atoms with van der Waals surface area (Å²) in [5.41, 5.74) is 0.109. The smallest absolute Gasteiger partial charge is 0.312 e. The highest BCUT2D eigenvalue weighted by Gasteiger charge is 2.67. The highest BCUT2D eigenvalue weighted by atomic mass is 79.9. The van der Waals surface area contributed by atoms with Crippen molar-refractivity contribution in [3.05, 3.63) is 40.9 Å². The van der Waals surface area contributed by atoms with Crippen molar-refractivity contribution in [1.29, 1.82) is 0 Å². The van der Waals surface area contributed by atoms with Crippen molar-refractivity contribution >= 4 is 33.5 Å². The average Bonchev–Trinajstić information content (AvgIpc) is 3.22. The maximum Gasteiger partial charge on any atom is 0.312 e. The van der Waals surface area contributed by atoms with Crippen LogP contribution >= 0.6 is 15.9 Å². The lowest BCUT2D eigenvalue weighted by molar-refractivity contribution is -0.152. The van der Waals surface area contributed by atoms with Gasteiger partial charge in [-0.2, -0.15) is 0 Å². The summed E-state index contributed by atoms with van der Waals surface area (Å²) in [7, 11) is 0. The van der Waals surface area contributed by atoms with Crippen LogP contribution in [0.5, 0.6) is 0 Å². The van der Waals surface area contributed by atoms with Crippen molar-refractivity contribution in [1.82, 2.24) is 0 Å². The van der Waals surface area contributed by atoms with Crippen molar-refractivity contribution in [3.8, 4) is 0 Å². The number of esters is 1. The molecule has 3 aliphatic heterocycles. The minimum absolute atomic E-state index is 0.0670. The Bertz CT molecular complexity index is 716. The van der Waals surface area contributed by atoms with E-state index in [1.54, 1.807) is 4.90 Å². The molecule has 5 nitrogen and oxygen atoms in total. The highest BCUT2D eigenvalue weighted by molar-refractivity contribution is 9.10. The molecule has 3 aliphatic rings. The number of carbonyl (C=O) groups excluding carboxylic acids is 2. The van der Waals surface area contributed by atoms with Gasteiger partial charge in [-0.3, -0.25) is 9.59 Å². The van der Waals surface area contributed by atoms with Gasteiger partial charge < -0.3 is 14.4 Å². The number of anilines is 1. The molecule has 2 fully saturated rings. The Morgan fingerprint density at radius 1 is 1.42 bits per heavy atom. The van der Waals surface area contributed by atoms with E-state index < -0.39 is 17.4 Å². The first-order valence-electron chi connectivity index (χ1n) is 8.16. The number of hydrogen-bond acceptors (Lipinski definition) is 4. The van der Waals surface area contributed by atoms with Crippen LogP contribution in [0.15, 0.2) is 40.9 Å². The molecule has 1 aromatic carbocycles. The molecule has 2 bridgehead atoms. The molecule has 0 aromatic heterocycles. The summed E-state index contributed by atoms with van der Waals surface area (Å²) in [6.45, 7) is 2.75. The molecule has 126 valence electrons. The second kappa shape index (κ2) is 5.70. The maximum absolute atomic E-state index is 13.0. The van der Waals surface area contributed by atoms with Gasteiger partial charge in [0.25, 0.3) is 0 Å². The zero-order chi connectivity index (χ0) is 16.9. The van der Waals surface area contributed by atoms with Crippen LogP contribution in [-0.2, 0) is 19.1 Å². The molecule has 2 saturated heterocycles. The number of hydrogen-bond donors (Lipinski definition) is 0. The molecule has 24 heavy (non-hydrogen) atoms. The maximum atomic E-state index is 13.0. The Hall–Kier alpha value is -1.66. The number of nitrogens with zero attached hydrogens (tertiary/aromatic N) is 1. The monoisotopic (exact) mass is 391 g/mol. The predicted octanol–water partition coefficient (Wildman–Crippen LogP) is 2.69. The van der Waals surface area contributed by atoms with E-state index in [1.165, 1.54) is 0 Å². The number of amides is 1. The second-order valence-electron chi connectivity index (χ2n) is 6.47. The van der Waals surface area contributed by atoms with E-state index >= 15 is 0 Å². The summed E-state index contributed by atoms with van der Waals surface area (Å²) < 4.78 is 12.3. The molecule has 6 heteroatoms. The van der Waals surface area contributed by atoms with E-state index in [2.05, 4.69) is 15.9 Å². The van der Waals surface area contributed by atoms with Gasteiger partial charge in [0.15, 0.2) is 0 Å². The third-order valence-corrected chi connectivity index (χ3v) is 5.49. The third kappa shape index (κ3) is 2.24. The molecule has 0 saturated carbocycles. The van der Waals surface area contributed by atoms with Gasteiger partial charge in [-0.25, -0.2) is 0 Å². The first kappa shape index (κ1) is 15.8. The van der Waals surface area contributed by atoms with Crippen LogP contribution in [0, 0.1) is 11.8 Å². The van der Waals surface area contributed by atoms with Gasteiger partial charge in [0.1, 0.15) is 11.5 Å². The van der Waals surface area contributed by atoms with Crippen LogP contribution in [0.2, 0.25) is 0 Å². The first-order chi connectivity index (χ1) is 11.6. The molecule has 4 rings (SSSR count). The normalized spacial score (nSPS) is 33.2. The average molecular weight is 392 g/mol. The number of ether oxygens (including phenoxy) is 2. The minimum atomic E-state index is -0.704. The largest absolute Gasteiger partial charge is 0.465 e. The van der Waals surface area contributed by atoms with Crippen molar-refractivity contribution < 1.29 is 19.1 Å². The van der Waals surface area contributed by atoms with Gasteiger partial charge in [-0.1, -0.05) is 35.0 Å². The topological polar surface area (TPSA) is 55.8 Å². The van der Waals surface area contributed by atoms with Crippen LogP contribution in [0.1, 0.15) is 13.3 Å². The van der Waals surface area contributed by atoms with Gasteiger partial charge in [-0.15, -0.1) is 0 Å². The predicted molar refractivity (Wildman–Crippen MR) is 91.5 cm³/mol. The summed E-state index contributed by atoms with van der Waals surface area (Å²) in [6.07, 6.45) is 4.25. The summed E-state index contributed by atoms with van der Waals surface area (Å²) in [6, 6.07) is 7.57. The fourth-order valence-electron chi connectivity index (χ4n) is 3.91. The third-order valence-electron chi connectivity index (χ3n) is 4.96. The van der Waals surface area contributed by atoms with Crippen LogP contribution in [0.3, 0.4) is 0 Å². The summed E-state index contributed by atoms with van der Waals surface area (Å²) in [5.74, 6) is -1.44. The van der Waals surface area contributed by atoms with Gasteiger partial charge >= 0.3 is 5.97 Å². The van der Waals surface area contributed by atoms with E-state index in [0.717, 1.165) is 16.6 Å². The van der Waals surface area contributed by atoms with Gasteiger partial charge in [-0.05, 0) is 30.7 Å². The van der Waals surface area contributed by atoms with Crippen LogP contribution in [0.4, 0.5) is 5.69 Å². The molecular weight excluding hydrogens is 374 g/mol. The van der Waals surface area contributed by atoms with E-state index in [9.17, 15) is 9.59 Å². The number of fused-ring (bicyclic) bond motifs is 1. The molecule has 0 unspecified atom stereocenters. The molecule has 1 aromatic rings. The number of carbonyl (C=O) groups is 2. The lowest BCUT2D eigenvalue weighted by Gasteiger charge is -2.22. The SMILES string of the molecule is CCCOC(=O)[C@@H]1[C@H]2C(=O)N(c3ccc(Br)cc3)C[C@]23C=C[C@H]1O3. The Labute approximate surface area is 148 Å². The summed E-state index contributed by atoms with van der Waals surface area (Å²) in [4.78, 5) is 27.2. The van der Waals surface area contributed by atoms with E-state index in [-0.39, 0.29) is 18.0 Å². The molecule has 3 heterocycles. The Balaban J connectivity index is 1.64. The lowest BCUT2D eigenvalue weighted by atomic mass is 9.77. The summed E-state index contributed by atoms with van der Waals surface area (Å²) in [5, 5.41) is 0. The van der Waals surface area contributed by atoms with E-state index in [4.69, 9.17) is 9.47 Å². The zero-order valence-corrected chi connectivity index (χ0v) is 14.9. The van der Waals surface area contributed by atoms with Gasteiger partial charge in [0.05, 0.1) is 25.2 Å². The van der Waals surface area contributed by atoms with Crippen molar-refractivity contribution in [3.63, 3.8) is 0 Å². The minimum Gasteiger partial charge on any atom is -0.465 e. The van der Waals surface area contributed by atoms with Crippen molar-refractivity contribution in [2.24, 2.45) is 11.8 Å². The molecule has 0 aliphatic carbocycles. The van der Waals surface area contributed by atoms with E-state index in [1.807, 2.05) is 43.3 Å². The highest BCUT2D eigenvalue weighted by Crippen LogP contribution is 2.52. The number of halogens is 1. The van der Waals surface area contributed by atoms with E-state index in [0.29, 0.717) is 13.2 Å². The van der Waals surface area contributed by atoms with Crippen molar-refractivity contribution in [2.45, 2.75) is 25.0 Å². The fourth-order valence-corrected chi connectivity index (χ4v) is 4.17. The molecule has 0 radical (unpaired) electrons. The Morgan fingerprint density at radius 3 is 2.88 bits per heavy atom. The molecule has 0 N–H and O–H groups in total. The molecule has 4 atom stereocenters. The van der Waals surface area contributed by atoms with Crippen LogP contribution < -0.4 is 4.90 Å². The Kier molecular flexibility index (Phi) is 3.77. The lowest BCUT2D eigenvalue weighted by Crippen LogP contribution is -2.40. The van der Waals surface area contributed by atoms with Crippen LogP contribution in [0.25, 0.3) is 0 Å². The second-order valence-corrected chi connectivity index (χ2v) is 7.38. The van der Waals surface area contributed by atoms with Crippen molar-refractivity contribution in [2.75, 3.05) is 18.1 Å². The van der Waals surface area contributed by atoms with Gasteiger partial charge in [0, 0.05) is 10.2 Å². The first-order valence-corrected chi connectivity index (χ1v) is 8.96. The molecule has 1 spiro atoms. The quantitative estimate of drug-likeness (QED) is 0.584. The fraction of sp³-hybridized carbons (Fsp3) is 0.444. The molecule has 1 amide bonds. The standard InChI is InChI=1S/C18H18BrNO4/c1-2-9-23-17(22)14-13-7-8-18(24-13)10-20(16(21)15(14)18)12-5-3-11(19)4-6-12/h3-8,13-15H,2,9-10H2,1H3/t13-,14+,15+,18-/m1/s1. The van der Waals surface area contributed by atoms with Crippen LogP contribution in [-0.4, -0.2) is 36.7 Å². The Morgan fingerprint density at radius 2 is 2.17 bits per heavy atom. The number of benzene rings is 1. The molecular formula is C18H18BrNO4. The zero-order valence-electron chi connectivity index (χ0n) is 13.3.